The number of rotatable bonds is 5. The lowest BCUT2D eigenvalue weighted by atomic mass is 10.2. The van der Waals surface area contributed by atoms with Gasteiger partial charge in [0, 0.05) is 18.6 Å². The SMILES string of the molecule is Cc1cccnc1CSc1nnnn1CC1CCCO1. The Morgan fingerprint density at radius 1 is 1.50 bits per heavy atom. The Morgan fingerprint density at radius 3 is 3.25 bits per heavy atom. The molecule has 3 heterocycles. The highest BCUT2D eigenvalue weighted by Gasteiger charge is 2.19. The van der Waals surface area contributed by atoms with Crippen LogP contribution in [0.25, 0.3) is 0 Å². The standard InChI is InChI=1S/C13H17N5OS/c1-10-4-2-6-14-12(10)9-20-13-15-16-17-18(13)8-11-5-3-7-19-11/h2,4,6,11H,3,5,7-9H2,1H3. The first-order valence-corrected chi connectivity index (χ1v) is 7.72. The Hall–Kier alpha value is -1.47. The fourth-order valence-corrected chi connectivity index (χ4v) is 3.12. The molecule has 0 N–H and O–H groups in total. The molecule has 2 aromatic heterocycles. The van der Waals surface area contributed by atoms with Crippen LogP contribution in [0, 0.1) is 6.92 Å². The number of thioether (sulfide) groups is 1. The van der Waals surface area contributed by atoms with E-state index in [2.05, 4.69) is 33.5 Å². The van der Waals surface area contributed by atoms with E-state index in [4.69, 9.17) is 4.74 Å². The van der Waals surface area contributed by atoms with Crippen LogP contribution in [-0.4, -0.2) is 37.9 Å². The normalized spacial score (nSPS) is 18.6. The summed E-state index contributed by atoms with van der Waals surface area (Å²) >= 11 is 1.61. The first-order chi connectivity index (χ1) is 9.83. The molecule has 0 aliphatic carbocycles. The molecule has 7 heteroatoms. The van der Waals surface area contributed by atoms with Crippen LogP contribution in [0.5, 0.6) is 0 Å². The lowest BCUT2D eigenvalue weighted by Gasteiger charge is -2.10. The number of tetrazole rings is 1. The first kappa shape index (κ1) is 13.5. The van der Waals surface area contributed by atoms with Gasteiger partial charge in [0.1, 0.15) is 0 Å². The van der Waals surface area contributed by atoms with Gasteiger partial charge >= 0.3 is 0 Å². The molecular weight excluding hydrogens is 274 g/mol. The fourth-order valence-electron chi connectivity index (χ4n) is 2.20. The maximum Gasteiger partial charge on any atom is 0.209 e. The quantitative estimate of drug-likeness (QED) is 0.783. The monoisotopic (exact) mass is 291 g/mol. The van der Waals surface area contributed by atoms with E-state index in [1.807, 2.05) is 16.9 Å². The van der Waals surface area contributed by atoms with E-state index in [0.29, 0.717) is 0 Å². The van der Waals surface area contributed by atoms with Gasteiger partial charge < -0.3 is 4.74 Å². The molecule has 1 atom stereocenters. The summed E-state index contributed by atoms with van der Waals surface area (Å²) in [5, 5.41) is 12.7. The summed E-state index contributed by atoms with van der Waals surface area (Å²) in [6, 6.07) is 4.02. The molecule has 1 fully saturated rings. The number of pyridine rings is 1. The van der Waals surface area contributed by atoms with Gasteiger partial charge in [-0.15, -0.1) is 5.10 Å². The van der Waals surface area contributed by atoms with Crippen molar-refractivity contribution < 1.29 is 4.74 Å². The number of hydrogen-bond donors (Lipinski definition) is 0. The highest BCUT2D eigenvalue weighted by Crippen LogP contribution is 2.22. The first-order valence-electron chi connectivity index (χ1n) is 6.74. The van der Waals surface area contributed by atoms with Crippen LogP contribution in [0.2, 0.25) is 0 Å². The Bertz CT molecular complexity index is 567. The van der Waals surface area contributed by atoms with Crippen molar-refractivity contribution in [1.82, 2.24) is 25.2 Å². The fraction of sp³-hybridized carbons (Fsp3) is 0.538. The van der Waals surface area contributed by atoms with Gasteiger partial charge in [0.15, 0.2) is 0 Å². The second kappa shape index (κ2) is 6.32. The van der Waals surface area contributed by atoms with Crippen molar-refractivity contribution in [1.29, 1.82) is 0 Å². The van der Waals surface area contributed by atoms with E-state index >= 15 is 0 Å². The third-order valence-corrected chi connectivity index (χ3v) is 4.32. The van der Waals surface area contributed by atoms with Gasteiger partial charge in [-0.05, 0) is 41.8 Å². The molecule has 0 bridgehead atoms. The maximum atomic E-state index is 5.63. The van der Waals surface area contributed by atoms with Crippen molar-refractivity contribution in [2.24, 2.45) is 0 Å². The summed E-state index contributed by atoms with van der Waals surface area (Å²) in [5.74, 6) is 0.776. The van der Waals surface area contributed by atoms with Gasteiger partial charge in [-0.1, -0.05) is 17.8 Å². The van der Waals surface area contributed by atoms with E-state index < -0.39 is 0 Å². The number of ether oxygens (including phenoxy) is 1. The van der Waals surface area contributed by atoms with Gasteiger partial charge in [-0.25, -0.2) is 4.68 Å². The lowest BCUT2D eigenvalue weighted by Crippen LogP contribution is -2.16. The minimum absolute atomic E-state index is 0.245. The van der Waals surface area contributed by atoms with Gasteiger partial charge in [-0.2, -0.15) is 0 Å². The lowest BCUT2D eigenvalue weighted by molar-refractivity contribution is 0.0912. The zero-order chi connectivity index (χ0) is 13.8. The van der Waals surface area contributed by atoms with Crippen LogP contribution in [0.15, 0.2) is 23.5 Å². The van der Waals surface area contributed by atoms with Gasteiger partial charge in [-0.3, -0.25) is 4.98 Å². The van der Waals surface area contributed by atoms with E-state index in [-0.39, 0.29) is 6.10 Å². The average Bonchev–Trinajstić information content (AvgIpc) is 3.10. The van der Waals surface area contributed by atoms with Gasteiger partial charge in [0.25, 0.3) is 0 Å². The molecule has 6 nitrogen and oxygen atoms in total. The van der Waals surface area contributed by atoms with Crippen LogP contribution in [0.4, 0.5) is 0 Å². The Labute approximate surface area is 121 Å². The molecule has 1 unspecified atom stereocenters. The number of hydrogen-bond acceptors (Lipinski definition) is 6. The number of aromatic nitrogens is 5. The van der Waals surface area contributed by atoms with Crippen molar-refractivity contribution in [3.8, 4) is 0 Å². The number of aryl methyl sites for hydroxylation is 1. The molecule has 2 aromatic rings. The van der Waals surface area contributed by atoms with Crippen molar-refractivity contribution in [2.75, 3.05) is 6.61 Å². The largest absolute Gasteiger partial charge is 0.376 e. The highest BCUT2D eigenvalue weighted by molar-refractivity contribution is 7.98. The Kier molecular flexibility index (Phi) is 4.27. The van der Waals surface area contributed by atoms with Crippen LogP contribution in [-0.2, 0) is 17.0 Å². The summed E-state index contributed by atoms with van der Waals surface area (Å²) in [6.45, 7) is 3.65. The summed E-state index contributed by atoms with van der Waals surface area (Å²) < 4.78 is 7.46. The topological polar surface area (TPSA) is 65.7 Å². The zero-order valence-electron chi connectivity index (χ0n) is 11.4. The van der Waals surface area contributed by atoms with Crippen LogP contribution >= 0.6 is 11.8 Å². The van der Waals surface area contributed by atoms with E-state index in [1.54, 1.807) is 11.8 Å². The van der Waals surface area contributed by atoms with E-state index in [9.17, 15) is 0 Å². The molecule has 1 saturated heterocycles. The van der Waals surface area contributed by atoms with Gasteiger partial charge in [0.2, 0.25) is 5.16 Å². The summed E-state index contributed by atoms with van der Waals surface area (Å²) in [7, 11) is 0. The molecule has 1 aliphatic rings. The predicted octanol–water partition coefficient (Wildman–Crippen LogP) is 1.85. The third kappa shape index (κ3) is 3.16. The maximum absolute atomic E-state index is 5.63. The highest BCUT2D eigenvalue weighted by atomic mass is 32.2. The van der Waals surface area contributed by atoms with Crippen molar-refractivity contribution in [3.63, 3.8) is 0 Å². The molecular formula is C13H17N5OS. The smallest absolute Gasteiger partial charge is 0.209 e. The molecule has 0 aromatic carbocycles. The Balaban J connectivity index is 1.63. The van der Waals surface area contributed by atoms with Crippen molar-refractivity contribution >= 4 is 11.8 Å². The second-order valence-corrected chi connectivity index (χ2v) is 5.78. The molecule has 0 radical (unpaired) electrons. The summed E-state index contributed by atoms with van der Waals surface area (Å²) in [6.07, 6.45) is 4.28. The second-order valence-electron chi connectivity index (χ2n) is 4.83. The van der Waals surface area contributed by atoms with Crippen LogP contribution in [0.3, 0.4) is 0 Å². The molecule has 0 spiro atoms. The third-order valence-electron chi connectivity index (χ3n) is 3.36. The van der Waals surface area contributed by atoms with Crippen LogP contribution in [0.1, 0.15) is 24.1 Å². The number of nitrogens with zero attached hydrogens (tertiary/aromatic N) is 5. The van der Waals surface area contributed by atoms with E-state index in [0.717, 1.165) is 42.6 Å². The molecule has 3 rings (SSSR count). The zero-order valence-corrected chi connectivity index (χ0v) is 12.2. The van der Waals surface area contributed by atoms with Crippen molar-refractivity contribution in [2.45, 2.75) is 43.3 Å². The minimum Gasteiger partial charge on any atom is -0.376 e. The van der Waals surface area contributed by atoms with Crippen LogP contribution < -0.4 is 0 Å². The molecule has 0 saturated carbocycles. The summed E-state index contributed by atoms with van der Waals surface area (Å²) in [5.41, 5.74) is 2.27. The molecule has 1 aliphatic heterocycles. The molecule has 0 amide bonds. The molecule has 20 heavy (non-hydrogen) atoms. The van der Waals surface area contributed by atoms with Gasteiger partial charge in [0.05, 0.1) is 18.3 Å². The van der Waals surface area contributed by atoms with Crippen molar-refractivity contribution in [3.05, 3.63) is 29.6 Å². The Morgan fingerprint density at radius 2 is 2.45 bits per heavy atom. The van der Waals surface area contributed by atoms with E-state index in [1.165, 1.54) is 5.56 Å². The summed E-state index contributed by atoms with van der Waals surface area (Å²) in [4.78, 5) is 4.39. The molecule has 106 valence electrons. The average molecular weight is 291 g/mol. The minimum atomic E-state index is 0.245. The predicted molar refractivity (Wildman–Crippen MR) is 75.3 cm³/mol.